The van der Waals surface area contributed by atoms with Crippen molar-refractivity contribution in [1.29, 1.82) is 0 Å². The van der Waals surface area contributed by atoms with Gasteiger partial charge in [0.25, 0.3) is 5.91 Å². The van der Waals surface area contributed by atoms with Crippen LogP contribution in [-0.2, 0) is 0 Å². The van der Waals surface area contributed by atoms with E-state index in [1.807, 2.05) is 0 Å². The summed E-state index contributed by atoms with van der Waals surface area (Å²) in [5.41, 5.74) is 5.73. The Balaban J connectivity index is 1.87. The summed E-state index contributed by atoms with van der Waals surface area (Å²) in [6.45, 7) is 2.16. The van der Waals surface area contributed by atoms with Crippen LogP contribution in [0.2, 0.25) is 0 Å². The fourth-order valence-electron chi connectivity index (χ4n) is 1.81. The highest BCUT2D eigenvalue weighted by molar-refractivity contribution is 5.92. The van der Waals surface area contributed by atoms with Gasteiger partial charge in [-0.15, -0.1) is 0 Å². The van der Waals surface area contributed by atoms with Crippen LogP contribution >= 0.6 is 0 Å². The molecule has 0 spiro atoms. The molecule has 16 heavy (non-hydrogen) atoms. The van der Waals surface area contributed by atoms with E-state index in [0.717, 1.165) is 6.42 Å². The third kappa shape index (κ3) is 2.48. The fourth-order valence-corrected chi connectivity index (χ4v) is 1.81. The molecule has 2 rings (SSSR count). The Morgan fingerprint density at radius 1 is 1.56 bits per heavy atom. The summed E-state index contributed by atoms with van der Waals surface area (Å²) in [5.74, 6) is 0.818. The molecule has 1 saturated carbocycles. The molecular weight excluding hydrogens is 204 g/mol. The first-order valence-corrected chi connectivity index (χ1v) is 5.59. The van der Waals surface area contributed by atoms with Gasteiger partial charge in [-0.25, -0.2) is 9.97 Å². The Kier molecular flexibility index (Phi) is 3.03. The van der Waals surface area contributed by atoms with E-state index in [1.165, 1.54) is 25.2 Å². The Morgan fingerprint density at radius 3 is 3.00 bits per heavy atom. The molecule has 5 heteroatoms. The number of carbonyl (C=O) groups is 1. The Bertz CT molecular complexity index is 376. The maximum atomic E-state index is 11.7. The second-order valence-corrected chi connectivity index (χ2v) is 4.19. The van der Waals surface area contributed by atoms with Gasteiger partial charge in [0.2, 0.25) is 0 Å². The van der Waals surface area contributed by atoms with E-state index < -0.39 is 0 Å². The first-order valence-electron chi connectivity index (χ1n) is 5.59. The lowest BCUT2D eigenvalue weighted by Gasteiger charge is -2.03. The molecule has 1 aliphatic carbocycles. The van der Waals surface area contributed by atoms with Crippen molar-refractivity contribution < 1.29 is 4.79 Å². The molecule has 0 saturated heterocycles. The average Bonchev–Trinajstić information content (AvgIpc) is 2.98. The van der Waals surface area contributed by atoms with Crippen LogP contribution in [0.15, 0.2) is 12.4 Å². The lowest BCUT2D eigenvalue weighted by atomic mass is 10.2. The predicted molar refractivity (Wildman–Crippen MR) is 60.7 cm³/mol. The first-order chi connectivity index (χ1) is 7.70. The number of aromatic nitrogens is 2. The molecule has 1 aliphatic rings. The number of carbonyl (C=O) groups excluding carboxylic acids is 1. The van der Waals surface area contributed by atoms with Crippen molar-refractivity contribution in [1.82, 2.24) is 15.3 Å². The van der Waals surface area contributed by atoms with E-state index in [4.69, 9.17) is 5.73 Å². The van der Waals surface area contributed by atoms with Crippen molar-refractivity contribution in [3.63, 3.8) is 0 Å². The third-order valence-corrected chi connectivity index (χ3v) is 2.80. The third-order valence-electron chi connectivity index (χ3n) is 2.80. The van der Waals surface area contributed by atoms with Crippen LogP contribution in [0, 0.1) is 5.92 Å². The van der Waals surface area contributed by atoms with E-state index in [-0.39, 0.29) is 5.91 Å². The lowest BCUT2D eigenvalue weighted by Crippen LogP contribution is -2.27. The average molecular weight is 220 g/mol. The summed E-state index contributed by atoms with van der Waals surface area (Å²) in [5, 5.41) is 2.94. The second kappa shape index (κ2) is 4.47. The van der Waals surface area contributed by atoms with Crippen LogP contribution in [0.25, 0.3) is 0 Å². The highest BCUT2D eigenvalue weighted by atomic mass is 16.2. The monoisotopic (exact) mass is 220 g/mol. The van der Waals surface area contributed by atoms with Crippen LogP contribution in [0.4, 0.5) is 5.82 Å². The second-order valence-electron chi connectivity index (χ2n) is 4.19. The van der Waals surface area contributed by atoms with E-state index in [9.17, 15) is 4.79 Å². The van der Waals surface area contributed by atoms with Gasteiger partial charge in [-0.2, -0.15) is 0 Å². The molecule has 5 nitrogen and oxygen atoms in total. The molecule has 2 atom stereocenters. The molecule has 1 amide bonds. The summed E-state index contributed by atoms with van der Waals surface area (Å²) >= 11 is 0. The minimum atomic E-state index is -0.156. The van der Waals surface area contributed by atoms with Gasteiger partial charge in [0, 0.05) is 6.04 Å². The van der Waals surface area contributed by atoms with Gasteiger partial charge in [-0.1, -0.05) is 13.3 Å². The molecule has 86 valence electrons. The van der Waals surface area contributed by atoms with Crippen molar-refractivity contribution >= 4 is 11.7 Å². The molecule has 1 fully saturated rings. The smallest absolute Gasteiger partial charge is 0.271 e. The van der Waals surface area contributed by atoms with Gasteiger partial charge in [-0.3, -0.25) is 4.79 Å². The Morgan fingerprint density at radius 2 is 2.38 bits per heavy atom. The van der Waals surface area contributed by atoms with E-state index in [1.54, 1.807) is 0 Å². The summed E-state index contributed by atoms with van der Waals surface area (Å²) in [6.07, 6.45) is 6.23. The highest BCUT2D eigenvalue weighted by Crippen LogP contribution is 2.34. The van der Waals surface area contributed by atoms with Gasteiger partial charge < -0.3 is 11.1 Å². The van der Waals surface area contributed by atoms with Gasteiger partial charge in [-0.05, 0) is 18.8 Å². The SMILES string of the molecule is CCCC1CC1NC(=O)c1cnc(N)cn1. The number of hydrogen-bond donors (Lipinski definition) is 2. The summed E-state index contributed by atoms with van der Waals surface area (Å²) in [4.78, 5) is 19.5. The van der Waals surface area contributed by atoms with Crippen LogP contribution < -0.4 is 11.1 Å². The van der Waals surface area contributed by atoms with Crippen molar-refractivity contribution in [3.05, 3.63) is 18.1 Å². The maximum absolute atomic E-state index is 11.7. The zero-order valence-electron chi connectivity index (χ0n) is 9.31. The van der Waals surface area contributed by atoms with E-state index in [0.29, 0.717) is 23.5 Å². The molecule has 1 aromatic rings. The fraction of sp³-hybridized carbons (Fsp3) is 0.545. The minimum absolute atomic E-state index is 0.156. The quantitative estimate of drug-likeness (QED) is 0.792. The summed E-state index contributed by atoms with van der Waals surface area (Å²) in [6, 6.07) is 0.326. The molecule has 0 radical (unpaired) electrons. The van der Waals surface area contributed by atoms with Crippen molar-refractivity contribution in [2.24, 2.45) is 5.92 Å². The van der Waals surface area contributed by atoms with Crippen molar-refractivity contribution in [2.75, 3.05) is 5.73 Å². The topological polar surface area (TPSA) is 80.9 Å². The lowest BCUT2D eigenvalue weighted by molar-refractivity contribution is 0.0943. The molecular formula is C11H16N4O. The largest absolute Gasteiger partial charge is 0.382 e. The van der Waals surface area contributed by atoms with Crippen LogP contribution in [-0.4, -0.2) is 21.9 Å². The van der Waals surface area contributed by atoms with Crippen LogP contribution in [0.5, 0.6) is 0 Å². The number of rotatable bonds is 4. The normalized spacial score (nSPS) is 22.8. The number of nitrogens with zero attached hydrogens (tertiary/aromatic N) is 2. The molecule has 3 N–H and O–H groups in total. The number of nitrogens with one attached hydrogen (secondary N) is 1. The molecule has 0 aromatic carbocycles. The Hall–Kier alpha value is -1.65. The van der Waals surface area contributed by atoms with E-state index in [2.05, 4.69) is 22.2 Å². The van der Waals surface area contributed by atoms with Gasteiger partial charge in [0.15, 0.2) is 0 Å². The predicted octanol–water partition coefficient (Wildman–Crippen LogP) is 0.977. The molecule has 0 aliphatic heterocycles. The summed E-state index contributed by atoms with van der Waals surface area (Å²) in [7, 11) is 0. The maximum Gasteiger partial charge on any atom is 0.271 e. The standard InChI is InChI=1S/C11H16N4O/c1-2-3-7-4-8(7)15-11(16)9-5-14-10(12)6-13-9/h5-8H,2-4H2,1H3,(H2,12,14)(H,15,16). The molecule has 1 heterocycles. The van der Waals surface area contributed by atoms with Crippen LogP contribution in [0.3, 0.4) is 0 Å². The van der Waals surface area contributed by atoms with Crippen molar-refractivity contribution in [2.45, 2.75) is 32.2 Å². The summed E-state index contributed by atoms with van der Waals surface area (Å²) < 4.78 is 0. The first kappa shape index (κ1) is 10.9. The highest BCUT2D eigenvalue weighted by Gasteiger charge is 2.37. The number of amides is 1. The number of nitrogens with two attached hydrogens (primary N) is 1. The molecule has 2 unspecified atom stereocenters. The van der Waals surface area contributed by atoms with Crippen LogP contribution in [0.1, 0.15) is 36.7 Å². The van der Waals surface area contributed by atoms with Gasteiger partial charge in [0.05, 0.1) is 12.4 Å². The number of hydrogen-bond acceptors (Lipinski definition) is 4. The molecule has 1 aromatic heterocycles. The molecule has 0 bridgehead atoms. The van der Waals surface area contributed by atoms with Gasteiger partial charge >= 0.3 is 0 Å². The number of nitrogen functional groups attached to an aromatic ring is 1. The van der Waals surface area contributed by atoms with Crippen molar-refractivity contribution in [3.8, 4) is 0 Å². The van der Waals surface area contributed by atoms with Gasteiger partial charge in [0.1, 0.15) is 11.5 Å². The van der Waals surface area contributed by atoms with E-state index >= 15 is 0 Å². The zero-order valence-corrected chi connectivity index (χ0v) is 9.31. The number of anilines is 1. The minimum Gasteiger partial charge on any atom is -0.382 e. The zero-order chi connectivity index (χ0) is 11.5. The Labute approximate surface area is 94.5 Å².